The molecule has 3 nitrogen and oxygen atoms in total. The lowest BCUT2D eigenvalue weighted by molar-refractivity contribution is 0.165. The zero-order valence-electron chi connectivity index (χ0n) is 10.6. The highest BCUT2D eigenvalue weighted by Crippen LogP contribution is 2.28. The first-order valence-corrected chi connectivity index (χ1v) is 6.16. The Balaban J connectivity index is 2.93. The fourth-order valence-electron chi connectivity index (χ4n) is 1.72. The summed E-state index contributed by atoms with van der Waals surface area (Å²) in [5.41, 5.74) is 1.04. The Morgan fingerprint density at radius 3 is 2.71 bits per heavy atom. The third-order valence-electron chi connectivity index (χ3n) is 2.54. The third kappa shape index (κ3) is 4.19. The fraction of sp³-hybridized carbons (Fsp3) is 0.538. The highest BCUT2D eigenvalue weighted by molar-refractivity contribution is 6.30. The molecule has 1 aromatic carbocycles. The fourth-order valence-corrected chi connectivity index (χ4v) is 1.90. The summed E-state index contributed by atoms with van der Waals surface area (Å²) in [5.74, 6) is 0.833. The minimum atomic E-state index is 0.105. The average molecular weight is 258 g/mol. The van der Waals surface area contributed by atoms with Crippen LogP contribution in [0.1, 0.15) is 24.9 Å². The molecule has 0 saturated heterocycles. The molecule has 0 radical (unpaired) electrons. The Morgan fingerprint density at radius 1 is 1.35 bits per heavy atom. The van der Waals surface area contributed by atoms with Gasteiger partial charge in [-0.15, -0.1) is 0 Å². The van der Waals surface area contributed by atoms with Crippen LogP contribution in [0.4, 0.5) is 0 Å². The number of benzene rings is 1. The summed E-state index contributed by atoms with van der Waals surface area (Å²) in [5, 5.41) is 4.13. The Hall–Kier alpha value is -0.770. The second-order valence-electron chi connectivity index (χ2n) is 3.85. The van der Waals surface area contributed by atoms with Crippen LogP contribution in [0.2, 0.25) is 5.02 Å². The van der Waals surface area contributed by atoms with E-state index < -0.39 is 0 Å². The average Bonchev–Trinajstić information content (AvgIpc) is 2.34. The summed E-state index contributed by atoms with van der Waals surface area (Å²) in [6, 6.07) is 5.74. The molecule has 1 aromatic rings. The number of hydrogen-bond donors (Lipinski definition) is 1. The Kier molecular flexibility index (Phi) is 6.34. The summed E-state index contributed by atoms with van der Waals surface area (Å²) >= 11 is 6.03. The number of rotatable bonds is 7. The number of methoxy groups -OCH3 is 2. The van der Waals surface area contributed by atoms with Crippen molar-refractivity contribution in [2.75, 3.05) is 27.4 Å². The maximum atomic E-state index is 6.03. The standard InChI is InChI=1S/C13H20ClNO2/c1-4-7-15-12(9-16-2)11-8-10(14)5-6-13(11)17-3/h5-6,8,12,15H,4,7,9H2,1-3H3. The van der Waals surface area contributed by atoms with Gasteiger partial charge in [-0.2, -0.15) is 0 Å². The molecule has 0 bridgehead atoms. The van der Waals surface area contributed by atoms with Crippen molar-refractivity contribution in [3.05, 3.63) is 28.8 Å². The molecule has 0 fully saturated rings. The van der Waals surface area contributed by atoms with E-state index in [1.165, 1.54) is 0 Å². The van der Waals surface area contributed by atoms with Gasteiger partial charge in [0.1, 0.15) is 5.75 Å². The van der Waals surface area contributed by atoms with Crippen LogP contribution in [-0.2, 0) is 4.74 Å². The van der Waals surface area contributed by atoms with E-state index >= 15 is 0 Å². The molecule has 96 valence electrons. The van der Waals surface area contributed by atoms with Crippen molar-refractivity contribution in [3.63, 3.8) is 0 Å². The zero-order chi connectivity index (χ0) is 12.7. The van der Waals surface area contributed by atoms with Crippen molar-refractivity contribution < 1.29 is 9.47 Å². The van der Waals surface area contributed by atoms with Crippen LogP contribution >= 0.6 is 11.6 Å². The molecule has 4 heteroatoms. The number of halogens is 1. The molecule has 1 N–H and O–H groups in total. The topological polar surface area (TPSA) is 30.5 Å². The monoisotopic (exact) mass is 257 g/mol. The van der Waals surface area contributed by atoms with Gasteiger partial charge in [0.05, 0.1) is 19.8 Å². The molecule has 0 saturated carbocycles. The highest BCUT2D eigenvalue weighted by atomic mass is 35.5. The van der Waals surface area contributed by atoms with E-state index in [1.54, 1.807) is 14.2 Å². The predicted molar refractivity (Wildman–Crippen MR) is 70.9 cm³/mol. The summed E-state index contributed by atoms with van der Waals surface area (Å²) < 4.78 is 10.6. The van der Waals surface area contributed by atoms with Crippen LogP contribution < -0.4 is 10.1 Å². The van der Waals surface area contributed by atoms with Crippen molar-refractivity contribution in [2.45, 2.75) is 19.4 Å². The first kappa shape index (κ1) is 14.3. The van der Waals surface area contributed by atoms with Crippen LogP contribution in [0, 0.1) is 0 Å². The quantitative estimate of drug-likeness (QED) is 0.815. The predicted octanol–water partition coefficient (Wildman–Crippen LogP) is 3.04. The number of ether oxygens (including phenoxy) is 2. The van der Waals surface area contributed by atoms with Crippen LogP contribution in [0.3, 0.4) is 0 Å². The van der Waals surface area contributed by atoms with Crippen molar-refractivity contribution >= 4 is 11.6 Å². The maximum absolute atomic E-state index is 6.03. The third-order valence-corrected chi connectivity index (χ3v) is 2.78. The van der Waals surface area contributed by atoms with Crippen LogP contribution in [0.5, 0.6) is 5.75 Å². The summed E-state index contributed by atoms with van der Waals surface area (Å²) in [6.45, 7) is 3.66. The van der Waals surface area contributed by atoms with Gasteiger partial charge in [0.25, 0.3) is 0 Å². The van der Waals surface area contributed by atoms with E-state index in [-0.39, 0.29) is 6.04 Å². The molecule has 0 amide bonds. The van der Waals surface area contributed by atoms with Gasteiger partial charge < -0.3 is 14.8 Å². The molecule has 0 heterocycles. The van der Waals surface area contributed by atoms with E-state index in [0.29, 0.717) is 11.6 Å². The molecule has 17 heavy (non-hydrogen) atoms. The summed E-state index contributed by atoms with van der Waals surface area (Å²) in [4.78, 5) is 0. The number of hydrogen-bond acceptors (Lipinski definition) is 3. The van der Waals surface area contributed by atoms with Gasteiger partial charge in [0, 0.05) is 17.7 Å². The normalized spacial score (nSPS) is 12.5. The van der Waals surface area contributed by atoms with Gasteiger partial charge >= 0.3 is 0 Å². The second-order valence-corrected chi connectivity index (χ2v) is 4.28. The van der Waals surface area contributed by atoms with Crippen LogP contribution in [0.15, 0.2) is 18.2 Å². The molecule has 0 aliphatic rings. The second kappa shape index (κ2) is 7.54. The first-order chi connectivity index (χ1) is 8.22. The Bertz CT molecular complexity index is 344. The zero-order valence-corrected chi connectivity index (χ0v) is 11.4. The van der Waals surface area contributed by atoms with Gasteiger partial charge in [0.15, 0.2) is 0 Å². The van der Waals surface area contributed by atoms with E-state index in [0.717, 1.165) is 24.3 Å². The molecule has 1 unspecified atom stereocenters. The summed E-state index contributed by atoms with van der Waals surface area (Å²) in [6.07, 6.45) is 1.07. The molecular formula is C13H20ClNO2. The SMILES string of the molecule is CCCNC(COC)c1cc(Cl)ccc1OC. The Morgan fingerprint density at radius 2 is 2.12 bits per heavy atom. The number of nitrogens with one attached hydrogen (secondary N) is 1. The largest absolute Gasteiger partial charge is 0.496 e. The van der Waals surface area contributed by atoms with Crippen molar-refractivity contribution in [3.8, 4) is 5.75 Å². The van der Waals surface area contributed by atoms with Crippen LogP contribution in [-0.4, -0.2) is 27.4 Å². The minimum Gasteiger partial charge on any atom is -0.496 e. The molecular weight excluding hydrogens is 238 g/mol. The van der Waals surface area contributed by atoms with Crippen molar-refractivity contribution in [1.82, 2.24) is 5.32 Å². The van der Waals surface area contributed by atoms with E-state index in [1.807, 2.05) is 18.2 Å². The minimum absolute atomic E-state index is 0.105. The van der Waals surface area contributed by atoms with E-state index in [2.05, 4.69) is 12.2 Å². The molecule has 0 spiro atoms. The van der Waals surface area contributed by atoms with Crippen molar-refractivity contribution in [2.24, 2.45) is 0 Å². The molecule has 0 aliphatic heterocycles. The van der Waals surface area contributed by atoms with Gasteiger partial charge in [-0.25, -0.2) is 0 Å². The van der Waals surface area contributed by atoms with Crippen LogP contribution in [0.25, 0.3) is 0 Å². The van der Waals surface area contributed by atoms with Gasteiger partial charge in [-0.05, 0) is 31.2 Å². The van der Waals surface area contributed by atoms with E-state index in [9.17, 15) is 0 Å². The first-order valence-electron chi connectivity index (χ1n) is 5.78. The smallest absolute Gasteiger partial charge is 0.123 e. The lowest BCUT2D eigenvalue weighted by Gasteiger charge is -2.20. The lowest BCUT2D eigenvalue weighted by atomic mass is 10.1. The van der Waals surface area contributed by atoms with Gasteiger partial charge in [0.2, 0.25) is 0 Å². The maximum Gasteiger partial charge on any atom is 0.123 e. The van der Waals surface area contributed by atoms with Crippen molar-refractivity contribution in [1.29, 1.82) is 0 Å². The van der Waals surface area contributed by atoms with E-state index in [4.69, 9.17) is 21.1 Å². The van der Waals surface area contributed by atoms with Gasteiger partial charge in [-0.3, -0.25) is 0 Å². The summed E-state index contributed by atoms with van der Waals surface area (Å²) in [7, 11) is 3.36. The highest BCUT2D eigenvalue weighted by Gasteiger charge is 2.15. The molecule has 0 aliphatic carbocycles. The molecule has 0 aromatic heterocycles. The molecule has 1 atom stereocenters. The Labute approximate surface area is 108 Å². The van der Waals surface area contributed by atoms with Gasteiger partial charge in [-0.1, -0.05) is 18.5 Å². The lowest BCUT2D eigenvalue weighted by Crippen LogP contribution is -2.26. The molecule has 1 rings (SSSR count).